The molecule has 1 aliphatic rings. The molecular weight excluding hydrogens is 544 g/mol. The fraction of sp³-hybridized carbons (Fsp3) is 0.556. The molecule has 0 saturated carbocycles. The van der Waals surface area contributed by atoms with Crippen LogP contribution in [0.5, 0.6) is 0 Å². The van der Waals surface area contributed by atoms with Gasteiger partial charge in [0.2, 0.25) is 5.91 Å². The third kappa shape index (κ3) is 12.2. The number of rotatable bonds is 13. The van der Waals surface area contributed by atoms with Crippen molar-refractivity contribution < 1.29 is 57.2 Å². The van der Waals surface area contributed by atoms with Crippen LogP contribution in [0.3, 0.4) is 0 Å². The van der Waals surface area contributed by atoms with Gasteiger partial charge in [-0.05, 0) is 18.4 Å². The molecule has 0 aromatic heterocycles. The van der Waals surface area contributed by atoms with Crippen molar-refractivity contribution in [3.05, 3.63) is 35.9 Å². The molecule has 0 spiro atoms. The normalized spacial score (nSPS) is 21.5. The van der Waals surface area contributed by atoms with Gasteiger partial charge in [0.15, 0.2) is 24.5 Å². The fourth-order valence-electron chi connectivity index (χ4n) is 3.95. The first kappa shape index (κ1) is 33.0. The van der Waals surface area contributed by atoms with Crippen LogP contribution in [0.4, 0.5) is 4.79 Å². The van der Waals surface area contributed by atoms with Crippen LogP contribution in [-0.2, 0) is 59.0 Å². The molecule has 41 heavy (non-hydrogen) atoms. The predicted octanol–water partition coefficient (Wildman–Crippen LogP) is 1.28. The summed E-state index contributed by atoms with van der Waals surface area (Å²) in [6, 6.07) is 9.19. The van der Waals surface area contributed by atoms with Crippen molar-refractivity contribution in [1.29, 1.82) is 0 Å². The predicted molar refractivity (Wildman–Crippen MR) is 139 cm³/mol. The van der Waals surface area contributed by atoms with Crippen molar-refractivity contribution in [3.8, 4) is 0 Å². The number of alkyl carbamates (subject to hydrolysis) is 1. The zero-order chi connectivity index (χ0) is 30.4. The van der Waals surface area contributed by atoms with Crippen LogP contribution in [0.2, 0.25) is 0 Å². The molecule has 0 unspecified atom stereocenters. The summed E-state index contributed by atoms with van der Waals surface area (Å²) in [7, 11) is 0. The summed E-state index contributed by atoms with van der Waals surface area (Å²) >= 11 is 0. The highest BCUT2D eigenvalue weighted by Crippen LogP contribution is 2.28. The third-order valence-electron chi connectivity index (χ3n) is 5.61. The number of carbonyl (C=O) groups excluding carboxylic acids is 6. The minimum Gasteiger partial charge on any atom is -0.463 e. The van der Waals surface area contributed by atoms with Crippen LogP contribution in [0.1, 0.15) is 52.5 Å². The molecule has 5 atom stereocenters. The Balaban J connectivity index is 1.98. The van der Waals surface area contributed by atoms with Crippen LogP contribution in [0, 0.1) is 0 Å². The molecule has 1 heterocycles. The largest absolute Gasteiger partial charge is 0.463 e. The molecule has 1 aromatic carbocycles. The second kappa shape index (κ2) is 16.8. The zero-order valence-corrected chi connectivity index (χ0v) is 23.4. The lowest BCUT2D eigenvalue weighted by molar-refractivity contribution is -0.257. The molecule has 2 rings (SSSR count). The SMILES string of the molecule is CC(=O)OC[C@H]1O[C@@H](NC(=O)CCCCNC(=O)OCc2ccccc2)[C@@H](OC(C)=O)[C@@H](OC(C)=O)[C@@H]1OC(C)=O. The smallest absolute Gasteiger partial charge is 0.407 e. The van der Waals surface area contributed by atoms with Gasteiger partial charge in [-0.25, -0.2) is 4.79 Å². The summed E-state index contributed by atoms with van der Waals surface area (Å²) in [6.07, 6.45) is -6.36. The summed E-state index contributed by atoms with van der Waals surface area (Å²) in [6.45, 7) is 4.46. The number of ether oxygens (including phenoxy) is 6. The molecular formula is C27H36N2O12. The van der Waals surface area contributed by atoms with Gasteiger partial charge in [0.05, 0.1) is 0 Å². The molecule has 1 saturated heterocycles. The summed E-state index contributed by atoms with van der Waals surface area (Å²) in [5.41, 5.74) is 0.849. The molecule has 0 radical (unpaired) electrons. The molecule has 14 nitrogen and oxygen atoms in total. The molecule has 1 fully saturated rings. The van der Waals surface area contributed by atoms with Crippen LogP contribution < -0.4 is 10.6 Å². The van der Waals surface area contributed by atoms with Gasteiger partial charge in [0, 0.05) is 40.7 Å². The van der Waals surface area contributed by atoms with E-state index in [0.717, 1.165) is 33.3 Å². The number of hydrogen-bond acceptors (Lipinski definition) is 12. The lowest BCUT2D eigenvalue weighted by atomic mass is 9.97. The van der Waals surface area contributed by atoms with Gasteiger partial charge in [-0.3, -0.25) is 24.0 Å². The van der Waals surface area contributed by atoms with E-state index in [1.54, 1.807) is 0 Å². The minimum absolute atomic E-state index is 0.00755. The Bertz CT molecular complexity index is 1060. The first-order chi connectivity index (χ1) is 19.5. The number of benzene rings is 1. The van der Waals surface area contributed by atoms with E-state index in [9.17, 15) is 28.8 Å². The second-order valence-corrected chi connectivity index (χ2v) is 9.13. The lowest BCUT2D eigenvalue weighted by Gasteiger charge is -2.44. The molecule has 14 heteroatoms. The van der Waals surface area contributed by atoms with Crippen LogP contribution in [0.25, 0.3) is 0 Å². The molecule has 226 valence electrons. The van der Waals surface area contributed by atoms with Crippen molar-refractivity contribution in [2.24, 2.45) is 0 Å². The Morgan fingerprint density at radius 3 is 1.98 bits per heavy atom. The van der Waals surface area contributed by atoms with Crippen molar-refractivity contribution in [1.82, 2.24) is 10.6 Å². The maximum Gasteiger partial charge on any atom is 0.407 e. The van der Waals surface area contributed by atoms with E-state index in [1.165, 1.54) is 0 Å². The lowest BCUT2D eigenvalue weighted by Crippen LogP contribution is -2.66. The summed E-state index contributed by atoms with van der Waals surface area (Å²) < 4.78 is 31.9. The summed E-state index contributed by atoms with van der Waals surface area (Å²) in [5.74, 6) is -3.47. The summed E-state index contributed by atoms with van der Waals surface area (Å²) in [5, 5.41) is 5.19. The standard InChI is InChI=1S/C27H36N2O12/c1-16(30)36-15-21-23(38-17(2)31)24(39-18(3)32)25(40-19(4)33)26(41-21)29-22(34)12-8-9-13-28-27(35)37-14-20-10-6-5-7-11-20/h5-7,10-11,21,23-26H,8-9,12-15H2,1-4H3,(H,28,35)(H,29,34)/t21-,23-,24+,25+,26-/m1/s1. The number of carbonyl (C=O) groups is 6. The Morgan fingerprint density at radius 2 is 1.37 bits per heavy atom. The molecule has 2 N–H and O–H groups in total. The number of esters is 4. The van der Waals surface area contributed by atoms with E-state index in [-0.39, 0.29) is 19.6 Å². The Kier molecular flexibility index (Phi) is 13.5. The Morgan fingerprint density at radius 1 is 0.756 bits per heavy atom. The van der Waals surface area contributed by atoms with Crippen molar-refractivity contribution in [2.45, 2.75) is 84.2 Å². The van der Waals surface area contributed by atoms with Crippen molar-refractivity contribution in [3.63, 3.8) is 0 Å². The highest BCUT2D eigenvalue weighted by atomic mass is 16.7. The Hall–Kier alpha value is -4.20. The summed E-state index contributed by atoms with van der Waals surface area (Å²) in [4.78, 5) is 71.6. The third-order valence-corrected chi connectivity index (χ3v) is 5.61. The minimum atomic E-state index is -1.39. The van der Waals surface area contributed by atoms with Gasteiger partial charge in [-0.1, -0.05) is 30.3 Å². The maximum absolute atomic E-state index is 12.7. The van der Waals surface area contributed by atoms with Crippen molar-refractivity contribution >= 4 is 35.9 Å². The quantitative estimate of drug-likeness (QED) is 0.194. The van der Waals surface area contributed by atoms with Gasteiger partial charge in [-0.15, -0.1) is 0 Å². The second-order valence-electron chi connectivity index (χ2n) is 9.13. The number of amides is 2. The first-order valence-corrected chi connectivity index (χ1v) is 13.0. The van der Waals surface area contributed by atoms with Gasteiger partial charge in [0.1, 0.15) is 19.3 Å². The molecule has 2 amide bonds. The van der Waals surface area contributed by atoms with Crippen molar-refractivity contribution in [2.75, 3.05) is 13.2 Å². The average Bonchev–Trinajstić information content (AvgIpc) is 2.89. The fourth-order valence-corrected chi connectivity index (χ4v) is 3.95. The molecule has 1 aromatic rings. The van der Waals surface area contributed by atoms with E-state index in [0.29, 0.717) is 12.8 Å². The van der Waals surface area contributed by atoms with Gasteiger partial charge in [-0.2, -0.15) is 0 Å². The first-order valence-electron chi connectivity index (χ1n) is 13.0. The molecule has 1 aliphatic heterocycles. The van der Waals surface area contributed by atoms with Crippen LogP contribution in [0.15, 0.2) is 30.3 Å². The van der Waals surface area contributed by atoms with E-state index in [4.69, 9.17) is 28.4 Å². The van der Waals surface area contributed by atoms with E-state index < -0.39 is 73.1 Å². The highest BCUT2D eigenvalue weighted by molar-refractivity contribution is 5.76. The molecule has 0 aliphatic carbocycles. The van der Waals surface area contributed by atoms with Gasteiger partial charge < -0.3 is 39.1 Å². The number of nitrogens with one attached hydrogen (secondary N) is 2. The van der Waals surface area contributed by atoms with E-state index in [2.05, 4.69) is 10.6 Å². The topological polar surface area (TPSA) is 182 Å². The number of unbranched alkanes of at least 4 members (excludes halogenated alkanes) is 1. The Labute approximate surface area is 237 Å². The van der Waals surface area contributed by atoms with E-state index >= 15 is 0 Å². The highest BCUT2D eigenvalue weighted by Gasteiger charge is 2.52. The molecule has 0 bridgehead atoms. The van der Waals surface area contributed by atoms with E-state index in [1.807, 2.05) is 30.3 Å². The van der Waals surface area contributed by atoms with Gasteiger partial charge >= 0.3 is 30.0 Å². The van der Waals surface area contributed by atoms with Gasteiger partial charge in [0.25, 0.3) is 0 Å². The average molecular weight is 581 g/mol. The van der Waals surface area contributed by atoms with Crippen LogP contribution >= 0.6 is 0 Å². The maximum atomic E-state index is 12.7. The number of hydrogen-bond donors (Lipinski definition) is 2. The zero-order valence-electron chi connectivity index (χ0n) is 23.4. The monoisotopic (exact) mass is 580 g/mol. The van der Waals surface area contributed by atoms with Crippen LogP contribution in [-0.4, -0.2) is 79.7 Å².